The summed E-state index contributed by atoms with van der Waals surface area (Å²) in [5.74, 6) is 0. The Labute approximate surface area is 338 Å². The quantitative estimate of drug-likeness (QED) is 0.168. The van der Waals surface area contributed by atoms with Gasteiger partial charge in [-0.05, 0) is 71.8 Å². The van der Waals surface area contributed by atoms with Gasteiger partial charge >= 0.3 is 0 Å². The van der Waals surface area contributed by atoms with Gasteiger partial charge in [0.2, 0.25) is 0 Å². The van der Waals surface area contributed by atoms with Crippen LogP contribution in [0.25, 0.3) is 91.9 Å². The molecule has 0 spiro atoms. The zero-order valence-corrected chi connectivity index (χ0v) is 32.2. The van der Waals surface area contributed by atoms with Gasteiger partial charge in [0.15, 0.2) is 0 Å². The number of fused-ring (bicyclic) bond motifs is 9. The lowest BCUT2D eigenvalue weighted by Crippen LogP contribution is -2.11. The number of aromatic nitrogens is 1. The second-order valence-electron chi connectivity index (χ2n) is 14.9. The lowest BCUT2D eigenvalue weighted by atomic mass is 9.99. The van der Waals surface area contributed by atoms with Crippen molar-refractivity contribution >= 4 is 92.3 Å². The average Bonchev–Trinajstić information content (AvgIpc) is 3.96. The molecule has 58 heavy (non-hydrogen) atoms. The van der Waals surface area contributed by atoms with Gasteiger partial charge in [-0.1, -0.05) is 140 Å². The smallest absolute Gasteiger partial charge is 0.137 e. The Bertz CT molecular complexity index is 3480. The topological polar surface area (TPSA) is 21.3 Å². The van der Waals surface area contributed by atoms with Crippen molar-refractivity contribution in [2.45, 2.75) is 0 Å². The number of thiophene rings is 1. The Hall–Kier alpha value is -7.40. The lowest BCUT2D eigenvalue weighted by molar-refractivity contribution is 0.669. The van der Waals surface area contributed by atoms with Crippen LogP contribution in [0, 0.1) is 0 Å². The van der Waals surface area contributed by atoms with Gasteiger partial charge in [-0.3, -0.25) is 0 Å². The number of hydrogen-bond acceptors (Lipinski definition) is 3. The van der Waals surface area contributed by atoms with Crippen LogP contribution in [-0.4, -0.2) is 4.57 Å². The first kappa shape index (κ1) is 32.8. The summed E-state index contributed by atoms with van der Waals surface area (Å²) in [6.07, 6.45) is 0. The lowest BCUT2D eigenvalue weighted by Gasteiger charge is -2.29. The van der Waals surface area contributed by atoms with Crippen molar-refractivity contribution in [1.29, 1.82) is 0 Å². The van der Waals surface area contributed by atoms with Gasteiger partial charge in [-0.15, -0.1) is 11.3 Å². The number of nitrogens with zero attached hydrogens (tertiary/aromatic N) is 2. The summed E-state index contributed by atoms with van der Waals surface area (Å²) >= 11 is 1.85. The first-order valence-electron chi connectivity index (χ1n) is 19.7. The summed E-state index contributed by atoms with van der Waals surface area (Å²) in [4.78, 5) is 2.44. The molecule has 0 aliphatic carbocycles. The van der Waals surface area contributed by atoms with E-state index in [2.05, 4.69) is 216 Å². The first-order chi connectivity index (χ1) is 28.8. The van der Waals surface area contributed by atoms with E-state index in [0.29, 0.717) is 0 Å². The third-order valence-corrected chi connectivity index (χ3v) is 12.8. The molecule has 4 heteroatoms. The van der Waals surface area contributed by atoms with E-state index in [-0.39, 0.29) is 0 Å². The molecule has 3 aromatic heterocycles. The zero-order chi connectivity index (χ0) is 38.2. The Morgan fingerprint density at radius 3 is 1.81 bits per heavy atom. The molecule has 0 radical (unpaired) electrons. The highest BCUT2D eigenvalue weighted by Gasteiger charge is 2.24. The number of anilines is 3. The number of hydrogen-bond donors (Lipinski definition) is 0. The molecule has 0 unspecified atom stereocenters. The highest BCUT2D eigenvalue weighted by molar-refractivity contribution is 7.26. The van der Waals surface area contributed by atoms with E-state index >= 15 is 0 Å². The van der Waals surface area contributed by atoms with E-state index in [1.807, 2.05) is 11.3 Å². The highest BCUT2D eigenvalue weighted by Crippen LogP contribution is 2.49. The van der Waals surface area contributed by atoms with Crippen molar-refractivity contribution in [3.05, 3.63) is 206 Å². The van der Waals surface area contributed by atoms with E-state index in [0.717, 1.165) is 61.4 Å². The van der Waals surface area contributed by atoms with E-state index < -0.39 is 0 Å². The van der Waals surface area contributed by atoms with E-state index in [9.17, 15) is 0 Å². The Morgan fingerprint density at radius 1 is 0.397 bits per heavy atom. The molecule has 12 aromatic rings. The summed E-state index contributed by atoms with van der Waals surface area (Å²) in [6.45, 7) is 0. The predicted octanol–water partition coefficient (Wildman–Crippen LogP) is 15.9. The van der Waals surface area contributed by atoms with Crippen molar-refractivity contribution < 1.29 is 4.42 Å². The van der Waals surface area contributed by atoms with Gasteiger partial charge in [-0.25, -0.2) is 0 Å². The molecule has 12 rings (SSSR count). The SMILES string of the molecule is c1ccc(-c2ccc3c(c2)oc2cc(N(c4ccccc4-c4ccccc4-n4c5ccccc5c5ccccc54)c4cccc5c4sc4ccccc45)ccc23)cc1. The first-order valence-corrected chi connectivity index (χ1v) is 20.5. The van der Waals surface area contributed by atoms with Crippen molar-refractivity contribution in [1.82, 2.24) is 4.57 Å². The number of benzene rings is 9. The van der Waals surface area contributed by atoms with Crippen LogP contribution in [-0.2, 0) is 0 Å². The maximum atomic E-state index is 6.75. The third kappa shape index (κ3) is 5.05. The average molecular weight is 759 g/mol. The minimum atomic E-state index is 0.856. The molecule has 0 N–H and O–H groups in total. The van der Waals surface area contributed by atoms with Crippen LogP contribution < -0.4 is 4.90 Å². The summed E-state index contributed by atoms with van der Waals surface area (Å²) < 4.78 is 11.7. The monoisotopic (exact) mass is 758 g/mol. The number of para-hydroxylation sites is 4. The van der Waals surface area contributed by atoms with E-state index in [1.165, 1.54) is 47.5 Å². The number of rotatable bonds is 6. The third-order valence-electron chi connectivity index (χ3n) is 11.6. The molecule has 0 aliphatic heterocycles. The summed E-state index contributed by atoms with van der Waals surface area (Å²) in [5.41, 5.74) is 13.1. The van der Waals surface area contributed by atoms with E-state index in [4.69, 9.17) is 4.42 Å². The fraction of sp³-hybridized carbons (Fsp3) is 0. The van der Waals surface area contributed by atoms with Crippen LogP contribution in [0.3, 0.4) is 0 Å². The fourth-order valence-corrected chi connectivity index (χ4v) is 10.2. The van der Waals surface area contributed by atoms with Crippen LogP contribution in [0.2, 0.25) is 0 Å². The van der Waals surface area contributed by atoms with Gasteiger partial charge in [0, 0.05) is 59.9 Å². The molecule has 9 aromatic carbocycles. The Kier molecular flexibility index (Phi) is 7.40. The molecular weight excluding hydrogens is 725 g/mol. The second kappa shape index (κ2) is 13.1. The molecule has 0 aliphatic rings. The summed E-state index contributed by atoms with van der Waals surface area (Å²) in [7, 11) is 0. The van der Waals surface area contributed by atoms with Crippen molar-refractivity contribution in [2.75, 3.05) is 4.90 Å². The molecule has 0 saturated heterocycles. The van der Waals surface area contributed by atoms with Crippen molar-refractivity contribution in [3.8, 4) is 27.9 Å². The van der Waals surface area contributed by atoms with Gasteiger partial charge in [-0.2, -0.15) is 0 Å². The van der Waals surface area contributed by atoms with Crippen LogP contribution in [0.5, 0.6) is 0 Å². The van der Waals surface area contributed by atoms with E-state index in [1.54, 1.807) is 0 Å². The molecule has 3 nitrogen and oxygen atoms in total. The maximum Gasteiger partial charge on any atom is 0.137 e. The molecule has 0 fully saturated rings. The Morgan fingerprint density at radius 2 is 1.00 bits per heavy atom. The summed E-state index contributed by atoms with van der Waals surface area (Å²) in [6, 6.07) is 74.4. The molecule has 0 saturated carbocycles. The van der Waals surface area contributed by atoms with Crippen LogP contribution in [0.15, 0.2) is 211 Å². The minimum absolute atomic E-state index is 0.856. The number of furan rings is 1. The van der Waals surface area contributed by atoms with Gasteiger partial charge in [0.05, 0.1) is 32.8 Å². The minimum Gasteiger partial charge on any atom is -0.456 e. The largest absolute Gasteiger partial charge is 0.456 e. The molecule has 272 valence electrons. The van der Waals surface area contributed by atoms with Crippen LogP contribution in [0.4, 0.5) is 17.1 Å². The molecule has 3 heterocycles. The standard InChI is InChI=1S/C54H34N2OS/c1-2-15-35(16-3-1)36-29-31-42-43-32-30-37(34-52(43)57-51(42)33-36)55(50-27-14-22-45-44-21-8-13-28-53(44)58-54(45)50)46-23-9-4-17-38(46)39-18-5-10-24-47(39)56-48-25-11-6-19-40(48)41-20-7-12-26-49(41)56/h1-34H. The van der Waals surface area contributed by atoms with Crippen molar-refractivity contribution in [2.24, 2.45) is 0 Å². The van der Waals surface area contributed by atoms with Crippen molar-refractivity contribution in [3.63, 3.8) is 0 Å². The molecule has 0 amide bonds. The fourth-order valence-electron chi connectivity index (χ4n) is 9.01. The molecule has 0 bridgehead atoms. The highest BCUT2D eigenvalue weighted by atomic mass is 32.1. The maximum absolute atomic E-state index is 6.75. The zero-order valence-electron chi connectivity index (χ0n) is 31.3. The second-order valence-corrected chi connectivity index (χ2v) is 15.9. The van der Waals surface area contributed by atoms with Gasteiger partial charge < -0.3 is 13.9 Å². The van der Waals surface area contributed by atoms with Crippen LogP contribution in [0.1, 0.15) is 0 Å². The summed E-state index contributed by atoms with van der Waals surface area (Å²) in [5, 5.41) is 7.23. The molecule has 0 atom stereocenters. The normalized spacial score (nSPS) is 11.8. The van der Waals surface area contributed by atoms with Crippen LogP contribution >= 0.6 is 11.3 Å². The van der Waals surface area contributed by atoms with Gasteiger partial charge in [0.1, 0.15) is 11.2 Å². The molecular formula is C54H34N2OS. The van der Waals surface area contributed by atoms with Gasteiger partial charge in [0.25, 0.3) is 0 Å². The Balaban J connectivity index is 1.11. The predicted molar refractivity (Wildman–Crippen MR) is 247 cm³/mol.